The summed E-state index contributed by atoms with van der Waals surface area (Å²) < 4.78 is 0. The van der Waals surface area contributed by atoms with Gasteiger partial charge in [-0.3, -0.25) is 9.59 Å². The van der Waals surface area contributed by atoms with E-state index in [-0.39, 0.29) is 30.4 Å². The zero-order chi connectivity index (χ0) is 14.1. The van der Waals surface area contributed by atoms with E-state index in [0.717, 1.165) is 32.2 Å². The summed E-state index contributed by atoms with van der Waals surface area (Å²) in [6.45, 7) is 3.12. The van der Waals surface area contributed by atoms with Crippen molar-refractivity contribution in [3.63, 3.8) is 0 Å². The van der Waals surface area contributed by atoms with Crippen LogP contribution in [0.2, 0.25) is 0 Å². The Labute approximate surface area is 123 Å². The second-order valence-electron chi connectivity index (χ2n) is 5.53. The van der Waals surface area contributed by atoms with Gasteiger partial charge in [-0.1, -0.05) is 19.4 Å². The first kappa shape index (κ1) is 13.6. The van der Waals surface area contributed by atoms with E-state index in [9.17, 15) is 9.59 Å². The average molecular weight is 292 g/mol. The predicted octanol–water partition coefficient (Wildman–Crippen LogP) is 2.42. The largest absolute Gasteiger partial charge is 0.329 e. The average Bonchev–Trinajstić information content (AvgIpc) is 3.11. The molecule has 4 nitrogen and oxygen atoms in total. The predicted molar refractivity (Wildman–Crippen MR) is 78.4 cm³/mol. The monoisotopic (exact) mass is 292 g/mol. The third kappa shape index (κ3) is 2.24. The first-order chi connectivity index (χ1) is 9.72. The molecule has 20 heavy (non-hydrogen) atoms. The molecule has 2 aliphatic heterocycles. The Morgan fingerprint density at radius 2 is 2.30 bits per heavy atom. The molecule has 2 saturated heterocycles. The topological polar surface area (TPSA) is 40.6 Å². The van der Waals surface area contributed by atoms with Crippen LogP contribution < -0.4 is 0 Å². The quantitative estimate of drug-likeness (QED) is 0.855. The zero-order valence-electron chi connectivity index (χ0n) is 11.7. The minimum atomic E-state index is -0.199. The summed E-state index contributed by atoms with van der Waals surface area (Å²) in [6.07, 6.45) is 3.71. The van der Waals surface area contributed by atoms with Crippen LogP contribution in [0, 0.1) is 0 Å². The van der Waals surface area contributed by atoms with Gasteiger partial charge < -0.3 is 9.80 Å². The number of nitrogens with zero attached hydrogens (tertiary/aromatic N) is 2. The van der Waals surface area contributed by atoms with Crippen molar-refractivity contribution in [2.45, 2.75) is 44.7 Å². The van der Waals surface area contributed by atoms with Gasteiger partial charge in [-0.25, -0.2) is 0 Å². The van der Waals surface area contributed by atoms with Crippen molar-refractivity contribution in [2.24, 2.45) is 0 Å². The van der Waals surface area contributed by atoms with Crippen molar-refractivity contribution < 1.29 is 9.59 Å². The number of hydrogen-bond donors (Lipinski definition) is 0. The van der Waals surface area contributed by atoms with Crippen molar-refractivity contribution >= 4 is 23.2 Å². The van der Waals surface area contributed by atoms with Crippen LogP contribution in [0.25, 0.3) is 0 Å². The number of fused-ring (bicyclic) bond motifs is 1. The molecule has 3 heterocycles. The summed E-state index contributed by atoms with van der Waals surface area (Å²) in [5.74, 6) is 0.263. The fourth-order valence-corrected chi connectivity index (χ4v) is 4.17. The zero-order valence-corrected chi connectivity index (χ0v) is 12.6. The van der Waals surface area contributed by atoms with Crippen molar-refractivity contribution in [3.8, 4) is 0 Å². The highest BCUT2D eigenvalue weighted by Crippen LogP contribution is 2.34. The van der Waals surface area contributed by atoms with Crippen molar-refractivity contribution in [2.75, 3.05) is 13.1 Å². The minimum absolute atomic E-state index is 0.0687. The Bertz CT molecular complexity index is 500. The van der Waals surface area contributed by atoms with Crippen LogP contribution in [0.15, 0.2) is 17.5 Å². The minimum Gasteiger partial charge on any atom is -0.329 e. The van der Waals surface area contributed by atoms with E-state index >= 15 is 0 Å². The lowest BCUT2D eigenvalue weighted by atomic mass is 10.0. The van der Waals surface area contributed by atoms with Crippen LogP contribution in [0.3, 0.4) is 0 Å². The molecule has 2 aliphatic rings. The molecular weight excluding hydrogens is 272 g/mol. The van der Waals surface area contributed by atoms with Crippen LogP contribution in [0.5, 0.6) is 0 Å². The summed E-state index contributed by atoms with van der Waals surface area (Å²) >= 11 is 1.67. The van der Waals surface area contributed by atoms with Crippen molar-refractivity contribution in [1.82, 2.24) is 9.80 Å². The smallest absolute Gasteiger partial charge is 0.246 e. The molecule has 0 bridgehead atoms. The van der Waals surface area contributed by atoms with Crippen molar-refractivity contribution in [3.05, 3.63) is 22.4 Å². The highest BCUT2D eigenvalue weighted by molar-refractivity contribution is 7.10. The summed E-state index contributed by atoms with van der Waals surface area (Å²) in [7, 11) is 0. The Morgan fingerprint density at radius 1 is 1.45 bits per heavy atom. The van der Waals surface area contributed by atoms with E-state index in [1.54, 1.807) is 16.2 Å². The molecular formula is C15H20N2O2S. The van der Waals surface area contributed by atoms with Crippen LogP contribution >= 0.6 is 11.3 Å². The van der Waals surface area contributed by atoms with E-state index in [0.29, 0.717) is 0 Å². The molecule has 2 amide bonds. The van der Waals surface area contributed by atoms with Gasteiger partial charge in [0.25, 0.3) is 0 Å². The highest BCUT2D eigenvalue weighted by Gasteiger charge is 2.44. The molecule has 0 N–H and O–H groups in total. The Hall–Kier alpha value is -1.36. The number of carbonyl (C=O) groups is 2. The lowest BCUT2D eigenvalue weighted by molar-refractivity contribution is -0.156. The summed E-state index contributed by atoms with van der Waals surface area (Å²) in [4.78, 5) is 29.7. The molecule has 0 radical (unpaired) electrons. The van der Waals surface area contributed by atoms with E-state index in [4.69, 9.17) is 0 Å². The number of amides is 2. The maximum Gasteiger partial charge on any atom is 0.246 e. The number of piperazine rings is 1. The van der Waals surface area contributed by atoms with E-state index in [1.807, 2.05) is 16.3 Å². The molecule has 0 spiro atoms. The molecule has 108 valence electrons. The van der Waals surface area contributed by atoms with Gasteiger partial charge in [0.05, 0.1) is 6.04 Å². The molecule has 2 atom stereocenters. The molecule has 0 aliphatic carbocycles. The van der Waals surface area contributed by atoms with Gasteiger partial charge in [-0.15, -0.1) is 11.3 Å². The van der Waals surface area contributed by atoms with Gasteiger partial charge >= 0.3 is 0 Å². The van der Waals surface area contributed by atoms with Crippen molar-refractivity contribution in [1.29, 1.82) is 0 Å². The normalized spacial score (nSPS) is 24.1. The second-order valence-corrected chi connectivity index (χ2v) is 6.51. The summed E-state index contributed by atoms with van der Waals surface area (Å²) in [5, 5.41) is 2.04. The molecule has 5 heteroatoms. The Kier molecular flexibility index (Phi) is 3.78. The lowest BCUT2D eigenvalue weighted by Crippen LogP contribution is -2.58. The number of hydrogen-bond acceptors (Lipinski definition) is 3. The van der Waals surface area contributed by atoms with E-state index in [1.165, 1.54) is 4.88 Å². The SMILES string of the molecule is CCCC(c1cccs1)N1CC(=O)N2CCCC2C1=O. The molecule has 1 aromatic rings. The van der Waals surface area contributed by atoms with E-state index in [2.05, 4.69) is 13.0 Å². The number of thiophene rings is 1. The molecule has 2 unspecified atom stereocenters. The number of carbonyl (C=O) groups excluding carboxylic acids is 2. The molecule has 1 aromatic heterocycles. The van der Waals surface area contributed by atoms with Crippen LogP contribution in [-0.2, 0) is 9.59 Å². The van der Waals surface area contributed by atoms with Crippen LogP contribution in [0.1, 0.15) is 43.5 Å². The molecule has 0 aromatic carbocycles. The summed E-state index contributed by atoms with van der Waals surface area (Å²) in [6, 6.07) is 3.96. The Balaban J connectivity index is 1.87. The lowest BCUT2D eigenvalue weighted by Gasteiger charge is -2.40. The molecule has 3 rings (SSSR count). The van der Waals surface area contributed by atoms with Gasteiger partial charge in [0.1, 0.15) is 12.6 Å². The second kappa shape index (κ2) is 5.56. The third-order valence-electron chi connectivity index (χ3n) is 4.26. The fourth-order valence-electron chi connectivity index (χ4n) is 3.30. The van der Waals surface area contributed by atoms with Gasteiger partial charge in [0, 0.05) is 11.4 Å². The maximum absolute atomic E-state index is 12.7. The number of rotatable bonds is 4. The highest BCUT2D eigenvalue weighted by atomic mass is 32.1. The summed E-state index contributed by atoms with van der Waals surface area (Å²) in [5.41, 5.74) is 0. The van der Waals surface area contributed by atoms with Gasteiger partial charge in [0.2, 0.25) is 11.8 Å². The van der Waals surface area contributed by atoms with Gasteiger partial charge in [-0.05, 0) is 30.7 Å². The van der Waals surface area contributed by atoms with Gasteiger partial charge in [0.15, 0.2) is 0 Å². The fraction of sp³-hybridized carbons (Fsp3) is 0.600. The van der Waals surface area contributed by atoms with Gasteiger partial charge in [-0.2, -0.15) is 0 Å². The molecule has 2 fully saturated rings. The first-order valence-corrected chi connectivity index (χ1v) is 8.23. The third-order valence-corrected chi connectivity index (χ3v) is 5.23. The van der Waals surface area contributed by atoms with Crippen LogP contribution in [-0.4, -0.2) is 40.7 Å². The first-order valence-electron chi connectivity index (χ1n) is 7.35. The maximum atomic E-state index is 12.7. The molecule has 0 saturated carbocycles. The van der Waals surface area contributed by atoms with E-state index < -0.39 is 0 Å². The Morgan fingerprint density at radius 3 is 3.00 bits per heavy atom. The van der Waals surface area contributed by atoms with Crippen LogP contribution in [0.4, 0.5) is 0 Å². The standard InChI is InChI=1S/C15H20N2O2S/c1-2-5-11(13-7-4-9-20-13)17-10-14(18)16-8-3-6-12(16)15(17)19/h4,7,9,11-12H,2-3,5-6,8,10H2,1H3.